The van der Waals surface area contributed by atoms with Gasteiger partial charge in [-0.15, -0.1) is 0 Å². The minimum atomic E-state index is 0.165. The van der Waals surface area contributed by atoms with Gasteiger partial charge in [0.15, 0.2) is 0 Å². The maximum Gasteiger partial charge on any atom is 0.253 e. The van der Waals surface area contributed by atoms with Crippen LogP contribution in [0.15, 0.2) is 24.3 Å². The second-order valence-electron chi connectivity index (χ2n) is 7.18. The van der Waals surface area contributed by atoms with E-state index in [2.05, 4.69) is 17.0 Å². The van der Waals surface area contributed by atoms with Crippen molar-refractivity contribution in [1.82, 2.24) is 9.80 Å². The van der Waals surface area contributed by atoms with Gasteiger partial charge in [0.2, 0.25) is 0 Å². The van der Waals surface area contributed by atoms with Gasteiger partial charge in [0.05, 0.1) is 6.61 Å². The van der Waals surface area contributed by atoms with Crippen molar-refractivity contribution in [2.45, 2.75) is 57.5 Å². The van der Waals surface area contributed by atoms with Gasteiger partial charge in [-0.05, 0) is 43.4 Å². The average Bonchev–Trinajstić information content (AvgIpc) is 3.17. The fraction of sp³-hybridized carbons (Fsp3) is 0.650. The highest BCUT2D eigenvalue weighted by atomic mass is 16.3. The van der Waals surface area contributed by atoms with Gasteiger partial charge in [-0.2, -0.15) is 0 Å². The van der Waals surface area contributed by atoms with Gasteiger partial charge in [-0.1, -0.05) is 31.4 Å². The first-order chi connectivity index (χ1) is 11.8. The molecule has 0 unspecified atom stereocenters. The smallest absolute Gasteiger partial charge is 0.253 e. The molecular weight excluding hydrogens is 300 g/mol. The molecule has 1 heterocycles. The first kappa shape index (κ1) is 17.4. The van der Waals surface area contributed by atoms with Crippen molar-refractivity contribution in [2.75, 3.05) is 26.2 Å². The molecule has 0 aromatic heterocycles. The van der Waals surface area contributed by atoms with Crippen molar-refractivity contribution in [1.29, 1.82) is 0 Å². The highest BCUT2D eigenvalue weighted by Gasteiger charge is 2.22. The Hall–Kier alpha value is -1.39. The fourth-order valence-corrected chi connectivity index (χ4v) is 4.06. The Kier molecular flexibility index (Phi) is 6.27. The Morgan fingerprint density at radius 3 is 2.33 bits per heavy atom. The molecule has 4 nitrogen and oxygen atoms in total. The molecule has 1 saturated carbocycles. The summed E-state index contributed by atoms with van der Waals surface area (Å²) >= 11 is 0. The molecular formula is C20H30N2O2. The Bertz CT molecular complexity index is 517. The second kappa shape index (κ2) is 8.63. The molecule has 4 heteroatoms. The molecule has 1 N–H and O–H groups in total. The van der Waals surface area contributed by atoms with Crippen LogP contribution in [0.2, 0.25) is 0 Å². The summed E-state index contributed by atoms with van der Waals surface area (Å²) in [6.07, 6.45) is 8.68. The third-order valence-corrected chi connectivity index (χ3v) is 5.46. The predicted molar refractivity (Wildman–Crippen MR) is 95.9 cm³/mol. The number of hydrogen-bond donors (Lipinski definition) is 1. The largest absolute Gasteiger partial charge is 0.395 e. The lowest BCUT2D eigenvalue weighted by Gasteiger charge is -2.34. The van der Waals surface area contributed by atoms with Gasteiger partial charge >= 0.3 is 0 Å². The van der Waals surface area contributed by atoms with E-state index in [-0.39, 0.29) is 12.5 Å². The van der Waals surface area contributed by atoms with E-state index in [0.717, 1.165) is 44.6 Å². The highest BCUT2D eigenvalue weighted by Crippen LogP contribution is 2.24. The van der Waals surface area contributed by atoms with Crippen molar-refractivity contribution in [2.24, 2.45) is 0 Å². The molecule has 1 saturated heterocycles. The Morgan fingerprint density at radius 2 is 1.71 bits per heavy atom. The SMILES string of the molecule is O=C(c1ccc(CN(CCO)C2CCCCC2)cc1)N1CCCC1. The third kappa shape index (κ3) is 4.37. The van der Waals surface area contributed by atoms with Crippen LogP contribution in [-0.2, 0) is 6.54 Å². The molecule has 1 aliphatic heterocycles. The summed E-state index contributed by atoms with van der Waals surface area (Å²) in [6, 6.07) is 8.69. The first-order valence-corrected chi connectivity index (χ1v) is 9.51. The van der Waals surface area contributed by atoms with Crippen molar-refractivity contribution in [3.63, 3.8) is 0 Å². The lowest BCUT2D eigenvalue weighted by atomic mass is 9.94. The summed E-state index contributed by atoms with van der Waals surface area (Å²) in [5.41, 5.74) is 2.03. The van der Waals surface area contributed by atoms with Crippen LogP contribution in [0.3, 0.4) is 0 Å². The molecule has 0 atom stereocenters. The van der Waals surface area contributed by atoms with Crippen LogP contribution in [0.4, 0.5) is 0 Å². The lowest BCUT2D eigenvalue weighted by Crippen LogP contribution is -2.38. The molecule has 1 aromatic rings. The van der Waals surface area contributed by atoms with Crippen LogP contribution < -0.4 is 0 Å². The molecule has 0 radical (unpaired) electrons. The van der Waals surface area contributed by atoms with Gasteiger partial charge < -0.3 is 10.0 Å². The van der Waals surface area contributed by atoms with Crippen LogP contribution >= 0.6 is 0 Å². The summed E-state index contributed by atoms with van der Waals surface area (Å²) in [5.74, 6) is 0.165. The number of amides is 1. The Morgan fingerprint density at radius 1 is 1.04 bits per heavy atom. The van der Waals surface area contributed by atoms with E-state index in [9.17, 15) is 9.90 Å². The number of nitrogens with zero attached hydrogens (tertiary/aromatic N) is 2. The maximum absolute atomic E-state index is 12.4. The zero-order valence-electron chi connectivity index (χ0n) is 14.6. The van der Waals surface area contributed by atoms with E-state index in [1.54, 1.807) is 0 Å². The van der Waals surface area contributed by atoms with E-state index in [0.29, 0.717) is 6.04 Å². The van der Waals surface area contributed by atoms with Gasteiger partial charge in [-0.3, -0.25) is 9.69 Å². The normalized spacial score (nSPS) is 19.2. The molecule has 2 aliphatic rings. The summed E-state index contributed by atoms with van der Waals surface area (Å²) in [6.45, 7) is 3.60. The van der Waals surface area contributed by atoms with Gasteiger partial charge in [0.25, 0.3) is 5.91 Å². The van der Waals surface area contributed by atoms with Crippen molar-refractivity contribution in [3.8, 4) is 0 Å². The number of aliphatic hydroxyl groups excluding tert-OH is 1. The van der Waals surface area contributed by atoms with Crippen LogP contribution in [0.1, 0.15) is 60.9 Å². The molecule has 24 heavy (non-hydrogen) atoms. The number of rotatable bonds is 6. The zero-order valence-corrected chi connectivity index (χ0v) is 14.6. The van der Waals surface area contributed by atoms with Crippen LogP contribution in [-0.4, -0.2) is 53.1 Å². The summed E-state index contributed by atoms with van der Waals surface area (Å²) < 4.78 is 0. The van der Waals surface area contributed by atoms with Crippen molar-refractivity contribution < 1.29 is 9.90 Å². The molecule has 0 spiro atoms. The van der Waals surface area contributed by atoms with Gasteiger partial charge in [-0.25, -0.2) is 0 Å². The minimum Gasteiger partial charge on any atom is -0.395 e. The van der Waals surface area contributed by atoms with E-state index >= 15 is 0 Å². The van der Waals surface area contributed by atoms with Crippen molar-refractivity contribution >= 4 is 5.91 Å². The van der Waals surface area contributed by atoms with Crippen molar-refractivity contribution in [3.05, 3.63) is 35.4 Å². The van der Waals surface area contributed by atoms with Gasteiger partial charge in [0.1, 0.15) is 0 Å². The molecule has 1 aliphatic carbocycles. The topological polar surface area (TPSA) is 43.8 Å². The summed E-state index contributed by atoms with van der Waals surface area (Å²) in [4.78, 5) is 16.8. The van der Waals surface area contributed by atoms with Gasteiger partial charge in [0, 0.05) is 37.8 Å². The van der Waals surface area contributed by atoms with Crippen LogP contribution in [0.25, 0.3) is 0 Å². The maximum atomic E-state index is 12.4. The Labute approximate surface area is 145 Å². The van der Waals surface area contributed by atoms with E-state index in [1.807, 2.05) is 17.0 Å². The number of likely N-dealkylation sites (tertiary alicyclic amines) is 1. The first-order valence-electron chi connectivity index (χ1n) is 9.51. The predicted octanol–water partition coefficient (Wildman–Crippen LogP) is 3.05. The Balaban J connectivity index is 1.61. The number of aliphatic hydroxyl groups is 1. The standard InChI is InChI=1S/C20H30N2O2/c23-15-14-22(19-6-2-1-3-7-19)16-17-8-10-18(11-9-17)20(24)21-12-4-5-13-21/h8-11,19,23H,1-7,12-16H2. The monoisotopic (exact) mass is 330 g/mol. The number of benzene rings is 1. The van der Waals surface area contributed by atoms with Crippen LogP contribution in [0, 0.1) is 0 Å². The molecule has 3 rings (SSSR count). The molecule has 0 bridgehead atoms. The number of carbonyl (C=O) groups excluding carboxylic acids is 1. The minimum absolute atomic E-state index is 0.165. The number of hydrogen-bond acceptors (Lipinski definition) is 3. The lowest BCUT2D eigenvalue weighted by molar-refractivity contribution is 0.0793. The summed E-state index contributed by atoms with van der Waals surface area (Å²) in [5, 5.41) is 9.39. The third-order valence-electron chi connectivity index (χ3n) is 5.46. The van der Waals surface area contributed by atoms with Crippen LogP contribution in [0.5, 0.6) is 0 Å². The quantitative estimate of drug-likeness (QED) is 0.872. The summed E-state index contributed by atoms with van der Waals surface area (Å²) in [7, 11) is 0. The fourth-order valence-electron chi connectivity index (χ4n) is 4.06. The average molecular weight is 330 g/mol. The molecule has 1 aromatic carbocycles. The van der Waals surface area contributed by atoms with E-state index < -0.39 is 0 Å². The highest BCUT2D eigenvalue weighted by molar-refractivity contribution is 5.94. The molecule has 2 fully saturated rings. The molecule has 1 amide bonds. The van der Waals surface area contributed by atoms with E-state index in [4.69, 9.17) is 0 Å². The number of carbonyl (C=O) groups is 1. The van der Waals surface area contributed by atoms with E-state index in [1.165, 1.54) is 37.7 Å². The zero-order chi connectivity index (χ0) is 16.8. The second-order valence-corrected chi connectivity index (χ2v) is 7.18. The molecule has 132 valence electrons.